The quantitative estimate of drug-likeness (QED) is 0.711. The van der Waals surface area contributed by atoms with E-state index in [1.165, 1.54) is 12.1 Å². The van der Waals surface area contributed by atoms with Gasteiger partial charge in [0.25, 0.3) is 0 Å². The number of rotatable bonds is 5. The van der Waals surface area contributed by atoms with E-state index < -0.39 is 11.7 Å². The van der Waals surface area contributed by atoms with Crippen molar-refractivity contribution in [1.82, 2.24) is 15.1 Å². The van der Waals surface area contributed by atoms with E-state index in [2.05, 4.69) is 10.4 Å². The number of carbonyl (C=O) groups excluding carboxylic acids is 1. The number of nitrogens with one attached hydrogen (secondary N) is 1. The van der Waals surface area contributed by atoms with E-state index in [-0.39, 0.29) is 17.7 Å². The molecule has 2 atom stereocenters. The van der Waals surface area contributed by atoms with E-state index in [0.717, 1.165) is 28.9 Å². The molecule has 7 heteroatoms. The summed E-state index contributed by atoms with van der Waals surface area (Å²) in [5, 5.41) is 7.18. The Morgan fingerprint density at radius 2 is 1.82 bits per heavy atom. The van der Waals surface area contributed by atoms with Crippen molar-refractivity contribution >= 4 is 5.91 Å². The van der Waals surface area contributed by atoms with Crippen LogP contribution in [0.5, 0.6) is 0 Å². The molecule has 0 saturated heterocycles. The van der Waals surface area contributed by atoms with Gasteiger partial charge in [-0.05, 0) is 42.2 Å². The first-order valence-corrected chi connectivity index (χ1v) is 8.95. The molecule has 1 amide bonds. The van der Waals surface area contributed by atoms with Crippen LogP contribution in [-0.2, 0) is 17.5 Å². The highest BCUT2D eigenvalue weighted by atomic mass is 19.4. The minimum absolute atomic E-state index is 0.0191. The number of carbonyl (C=O) groups is 1. The molecule has 1 N–H and O–H groups in total. The van der Waals surface area contributed by atoms with Gasteiger partial charge in [0.1, 0.15) is 0 Å². The lowest BCUT2D eigenvalue weighted by Crippen LogP contribution is -2.24. The van der Waals surface area contributed by atoms with Crippen molar-refractivity contribution in [2.75, 3.05) is 0 Å². The van der Waals surface area contributed by atoms with Gasteiger partial charge >= 0.3 is 6.18 Å². The topological polar surface area (TPSA) is 46.9 Å². The normalized spacial score (nSPS) is 18.7. The van der Waals surface area contributed by atoms with E-state index in [1.54, 1.807) is 10.9 Å². The van der Waals surface area contributed by atoms with E-state index in [1.807, 2.05) is 36.5 Å². The van der Waals surface area contributed by atoms with Crippen molar-refractivity contribution in [2.45, 2.75) is 25.1 Å². The largest absolute Gasteiger partial charge is 0.416 e. The minimum Gasteiger partial charge on any atom is -0.352 e. The maximum atomic E-state index is 12.6. The molecule has 1 fully saturated rings. The number of hydrogen-bond donors (Lipinski definition) is 1. The summed E-state index contributed by atoms with van der Waals surface area (Å²) in [5.74, 6) is -0.299. The van der Waals surface area contributed by atoms with Gasteiger partial charge in [0.2, 0.25) is 5.91 Å². The average Bonchev–Trinajstić information content (AvgIpc) is 3.36. The molecule has 2 aromatic carbocycles. The first-order valence-electron chi connectivity index (χ1n) is 8.95. The Kier molecular flexibility index (Phi) is 4.66. The maximum Gasteiger partial charge on any atom is 0.416 e. The summed E-state index contributed by atoms with van der Waals surface area (Å²) >= 11 is 0. The van der Waals surface area contributed by atoms with Gasteiger partial charge in [-0.1, -0.05) is 30.3 Å². The van der Waals surface area contributed by atoms with Gasteiger partial charge < -0.3 is 5.32 Å². The van der Waals surface area contributed by atoms with E-state index >= 15 is 0 Å². The van der Waals surface area contributed by atoms with E-state index in [0.29, 0.717) is 13.0 Å². The fraction of sp³-hybridized carbons (Fsp3) is 0.238. The van der Waals surface area contributed by atoms with Crippen molar-refractivity contribution in [1.29, 1.82) is 0 Å². The summed E-state index contributed by atoms with van der Waals surface area (Å²) in [4.78, 5) is 12.3. The van der Waals surface area contributed by atoms with Gasteiger partial charge in [0.05, 0.1) is 17.4 Å². The summed E-state index contributed by atoms with van der Waals surface area (Å²) in [5.41, 5.74) is 1.91. The van der Waals surface area contributed by atoms with Gasteiger partial charge in [-0.3, -0.25) is 4.79 Å². The highest BCUT2D eigenvalue weighted by molar-refractivity contribution is 5.82. The molecule has 28 heavy (non-hydrogen) atoms. The fourth-order valence-corrected chi connectivity index (χ4v) is 3.27. The molecule has 1 aliphatic carbocycles. The number of benzene rings is 2. The molecule has 0 aliphatic heterocycles. The monoisotopic (exact) mass is 385 g/mol. The van der Waals surface area contributed by atoms with Crippen LogP contribution in [0.1, 0.15) is 29.0 Å². The number of hydrogen-bond acceptors (Lipinski definition) is 2. The van der Waals surface area contributed by atoms with Crippen LogP contribution >= 0.6 is 0 Å². The van der Waals surface area contributed by atoms with Crippen LogP contribution in [0, 0.1) is 5.92 Å². The number of alkyl halides is 3. The second-order valence-electron chi connectivity index (χ2n) is 6.91. The minimum atomic E-state index is -4.34. The van der Waals surface area contributed by atoms with Gasteiger partial charge in [-0.15, -0.1) is 0 Å². The standard InChI is InChI=1S/C21H18F3N3O/c22-21(23,24)16-8-6-15(7-9-16)18-10-19(18)20(28)25-11-14-12-26-27(13-14)17-4-2-1-3-5-17/h1-9,12-13,18-19H,10-11H2,(H,25,28). The molecule has 144 valence electrons. The molecule has 1 aromatic heterocycles. The highest BCUT2D eigenvalue weighted by Gasteiger charge is 2.44. The van der Waals surface area contributed by atoms with Crippen LogP contribution in [0.4, 0.5) is 13.2 Å². The predicted molar refractivity (Wildman–Crippen MR) is 97.7 cm³/mol. The van der Waals surface area contributed by atoms with E-state index in [9.17, 15) is 18.0 Å². The highest BCUT2D eigenvalue weighted by Crippen LogP contribution is 2.48. The summed E-state index contributed by atoms with van der Waals surface area (Å²) in [6.07, 6.45) is -0.132. The average molecular weight is 385 g/mol. The second kappa shape index (κ2) is 7.14. The second-order valence-corrected chi connectivity index (χ2v) is 6.91. The SMILES string of the molecule is O=C(NCc1cnn(-c2ccccc2)c1)C1CC1c1ccc(C(F)(F)F)cc1. The Hall–Kier alpha value is -3.09. The van der Waals surface area contributed by atoms with Gasteiger partial charge in [0.15, 0.2) is 0 Å². The lowest BCUT2D eigenvalue weighted by molar-refractivity contribution is -0.137. The van der Waals surface area contributed by atoms with Crippen LogP contribution in [-0.4, -0.2) is 15.7 Å². The summed E-state index contributed by atoms with van der Waals surface area (Å²) in [6.45, 7) is 0.363. The zero-order valence-corrected chi connectivity index (χ0v) is 14.9. The van der Waals surface area contributed by atoms with Crippen molar-refractivity contribution in [3.05, 3.63) is 83.7 Å². The number of amides is 1. The number of halogens is 3. The Morgan fingerprint density at radius 3 is 2.50 bits per heavy atom. The third-order valence-corrected chi connectivity index (χ3v) is 4.92. The van der Waals surface area contributed by atoms with Crippen LogP contribution in [0.2, 0.25) is 0 Å². The molecular formula is C21H18F3N3O. The summed E-state index contributed by atoms with van der Waals surface area (Å²) in [6, 6.07) is 14.7. The Bertz CT molecular complexity index is 965. The first-order chi connectivity index (χ1) is 13.4. The molecule has 1 heterocycles. The molecule has 1 aliphatic rings. The maximum absolute atomic E-state index is 12.6. The summed E-state index contributed by atoms with van der Waals surface area (Å²) < 4.78 is 39.7. The van der Waals surface area contributed by atoms with Gasteiger partial charge in [-0.25, -0.2) is 4.68 Å². The number of para-hydroxylation sites is 1. The predicted octanol–water partition coefficient (Wildman–Crippen LogP) is 4.31. The van der Waals surface area contributed by atoms with Crippen molar-refractivity contribution in [3.63, 3.8) is 0 Å². The van der Waals surface area contributed by atoms with Gasteiger partial charge in [0, 0.05) is 24.2 Å². The molecule has 4 nitrogen and oxygen atoms in total. The Morgan fingerprint density at radius 1 is 1.11 bits per heavy atom. The molecule has 2 unspecified atom stereocenters. The molecule has 4 rings (SSSR count). The zero-order chi connectivity index (χ0) is 19.7. The zero-order valence-electron chi connectivity index (χ0n) is 14.9. The van der Waals surface area contributed by atoms with Crippen LogP contribution in [0.3, 0.4) is 0 Å². The molecule has 3 aromatic rings. The molecule has 0 radical (unpaired) electrons. The fourth-order valence-electron chi connectivity index (χ4n) is 3.27. The number of nitrogens with zero attached hydrogens (tertiary/aromatic N) is 2. The molecule has 0 bridgehead atoms. The third-order valence-electron chi connectivity index (χ3n) is 4.92. The lowest BCUT2D eigenvalue weighted by Gasteiger charge is -2.07. The van der Waals surface area contributed by atoms with Crippen LogP contribution in [0.15, 0.2) is 67.0 Å². The summed E-state index contributed by atoms with van der Waals surface area (Å²) in [7, 11) is 0. The molecular weight excluding hydrogens is 367 g/mol. The van der Waals surface area contributed by atoms with Crippen LogP contribution in [0.25, 0.3) is 5.69 Å². The van der Waals surface area contributed by atoms with Crippen molar-refractivity contribution in [3.8, 4) is 5.69 Å². The van der Waals surface area contributed by atoms with Crippen molar-refractivity contribution in [2.24, 2.45) is 5.92 Å². The smallest absolute Gasteiger partial charge is 0.352 e. The lowest BCUT2D eigenvalue weighted by atomic mass is 10.1. The molecule has 1 saturated carbocycles. The number of aromatic nitrogens is 2. The third kappa shape index (κ3) is 3.93. The first kappa shape index (κ1) is 18.3. The van der Waals surface area contributed by atoms with Gasteiger partial charge in [-0.2, -0.15) is 18.3 Å². The Labute approximate surface area is 160 Å². The van der Waals surface area contributed by atoms with E-state index in [4.69, 9.17) is 0 Å². The van der Waals surface area contributed by atoms with Crippen molar-refractivity contribution < 1.29 is 18.0 Å². The Balaban J connectivity index is 1.32. The van der Waals surface area contributed by atoms with Crippen LogP contribution < -0.4 is 5.32 Å². The molecule has 0 spiro atoms.